The summed E-state index contributed by atoms with van der Waals surface area (Å²) in [4.78, 5) is 28.1. The molecule has 2 heterocycles. The molecule has 38 heavy (non-hydrogen) atoms. The lowest BCUT2D eigenvalue weighted by atomic mass is 9.78. The molecule has 0 aliphatic carbocycles. The van der Waals surface area contributed by atoms with E-state index in [1.54, 1.807) is 6.07 Å². The van der Waals surface area contributed by atoms with Crippen molar-refractivity contribution in [2.75, 3.05) is 20.3 Å². The van der Waals surface area contributed by atoms with Gasteiger partial charge in [-0.3, -0.25) is 9.59 Å². The molecule has 0 saturated heterocycles. The van der Waals surface area contributed by atoms with Gasteiger partial charge in [0, 0.05) is 19.2 Å². The monoisotopic (exact) mass is 540 g/mol. The summed E-state index contributed by atoms with van der Waals surface area (Å²) in [5, 5.41) is 2.61. The Morgan fingerprint density at radius 2 is 1.66 bits per heavy atom. The first-order valence-electron chi connectivity index (χ1n) is 11.4. The zero-order valence-electron chi connectivity index (χ0n) is 19.9. The number of amides is 2. The van der Waals surface area contributed by atoms with Crippen molar-refractivity contribution >= 4 is 11.8 Å². The fourth-order valence-corrected chi connectivity index (χ4v) is 4.53. The number of benzene rings is 2. The zero-order chi connectivity index (χ0) is 27.7. The van der Waals surface area contributed by atoms with Crippen molar-refractivity contribution in [3.8, 4) is 0 Å². The van der Waals surface area contributed by atoms with E-state index in [1.807, 2.05) is 0 Å². The average molecular weight is 540 g/mol. The first kappa shape index (κ1) is 27.2. The first-order chi connectivity index (χ1) is 17.9. The van der Waals surface area contributed by atoms with Crippen LogP contribution >= 0.6 is 0 Å². The minimum absolute atomic E-state index is 0.00658. The van der Waals surface area contributed by atoms with Crippen molar-refractivity contribution < 1.29 is 45.1 Å². The summed E-state index contributed by atoms with van der Waals surface area (Å²) >= 11 is 0. The summed E-state index contributed by atoms with van der Waals surface area (Å²) in [5.41, 5.74) is -3.31. The summed E-state index contributed by atoms with van der Waals surface area (Å²) in [6.07, 6.45) is -8.92. The van der Waals surface area contributed by atoms with Crippen molar-refractivity contribution in [1.29, 1.82) is 0 Å². The molecule has 202 valence electrons. The Morgan fingerprint density at radius 3 is 2.24 bits per heavy atom. The highest BCUT2D eigenvalue weighted by atomic mass is 19.4. The van der Waals surface area contributed by atoms with Crippen LogP contribution in [0.4, 0.5) is 26.3 Å². The molecule has 6 nitrogen and oxygen atoms in total. The van der Waals surface area contributed by atoms with E-state index in [4.69, 9.17) is 9.15 Å². The molecule has 2 unspecified atom stereocenters. The predicted octanol–water partition coefficient (Wildman–Crippen LogP) is 5.56. The van der Waals surface area contributed by atoms with E-state index >= 15 is 0 Å². The van der Waals surface area contributed by atoms with E-state index < -0.39 is 52.8 Å². The second-order valence-corrected chi connectivity index (χ2v) is 8.65. The number of fused-ring (bicyclic) bond motifs is 1. The lowest BCUT2D eigenvalue weighted by Crippen LogP contribution is -2.47. The molecule has 12 heteroatoms. The molecular weight excluding hydrogens is 518 g/mol. The summed E-state index contributed by atoms with van der Waals surface area (Å²) in [6.45, 7) is -0.158. The molecule has 3 aromatic rings. The highest BCUT2D eigenvalue weighted by molar-refractivity contribution is 6.01. The van der Waals surface area contributed by atoms with E-state index in [0.29, 0.717) is 12.1 Å². The lowest BCUT2D eigenvalue weighted by Gasteiger charge is -2.41. The second-order valence-electron chi connectivity index (χ2n) is 8.65. The number of hydrogen-bond acceptors (Lipinski definition) is 4. The molecule has 0 fully saturated rings. The minimum Gasteiger partial charge on any atom is -0.467 e. The van der Waals surface area contributed by atoms with Crippen LogP contribution in [0.15, 0.2) is 65.3 Å². The number of rotatable bonds is 7. The molecule has 0 radical (unpaired) electrons. The third-order valence-corrected chi connectivity index (χ3v) is 6.18. The number of hydrogen-bond donors (Lipinski definition) is 1. The number of alkyl halides is 6. The highest BCUT2D eigenvalue weighted by Gasteiger charge is 2.46. The Hall–Kier alpha value is -3.80. The minimum atomic E-state index is -5.12. The molecule has 1 aliphatic heterocycles. The fraction of sp³-hybridized carbons (Fsp3) is 0.308. The molecule has 0 saturated carbocycles. The molecule has 0 spiro atoms. The van der Waals surface area contributed by atoms with Gasteiger partial charge in [0.1, 0.15) is 5.76 Å². The molecule has 1 N–H and O–H groups in total. The normalized spacial score (nSPS) is 17.9. The topological polar surface area (TPSA) is 71.8 Å². The molecule has 2 amide bonds. The van der Waals surface area contributed by atoms with Crippen LogP contribution in [0, 0.1) is 0 Å². The number of furan rings is 1. The summed E-state index contributed by atoms with van der Waals surface area (Å²) < 4.78 is 92.6. The van der Waals surface area contributed by atoms with Gasteiger partial charge in [0.2, 0.25) is 5.91 Å². The maximum absolute atomic E-state index is 13.7. The van der Waals surface area contributed by atoms with Gasteiger partial charge in [-0.1, -0.05) is 18.2 Å². The van der Waals surface area contributed by atoms with Crippen LogP contribution in [0.25, 0.3) is 0 Å². The number of carbonyl (C=O) groups excluding carboxylic acids is 2. The molecule has 1 aromatic heterocycles. The predicted molar refractivity (Wildman–Crippen MR) is 122 cm³/mol. The van der Waals surface area contributed by atoms with Crippen LogP contribution in [-0.4, -0.2) is 37.0 Å². The van der Waals surface area contributed by atoms with Gasteiger partial charge in [0.25, 0.3) is 5.91 Å². The van der Waals surface area contributed by atoms with Crippen LogP contribution in [0.2, 0.25) is 0 Å². The zero-order valence-corrected chi connectivity index (χ0v) is 19.9. The van der Waals surface area contributed by atoms with Crippen molar-refractivity contribution in [3.63, 3.8) is 0 Å². The lowest BCUT2D eigenvalue weighted by molar-refractivity contribution is -0.143. The molecule has 1 aliphatic rings. The molecule has 2 aromatic carbocycles. The Balaban J connectivity index is 1.96. The van der Waals surface area contributed by atoms with Gasteiger partial charge in [-0.2, -0.15) is 26.3 Å². The van der Waals surface area contributed by atoms with Crippen LogP contribution in [-0.2, 0) is 28.4 Å². The Bertz CT molecular complexity index is 1270. The largest absolute Gasteiger partial charge is 0.467 e. The van der Waals surface area contributed by atoms with Crippen molar-refractivity contribution in [2.24, 2.45) is 0 Å². The summed E-state index contributed by atoms with van der Waals surface area (Å²) in [7, 11) is 1.40. The number of methoxy groups -OCH3 is 1. The van der Waals surface area contributed by atoms with E-state index in [2.05, 4.69) is 5.32 Å². The van der Waals surface area contributed by atoms with Gasteiger partial charge < -0.3 is 19.4 Å². The van der Waals surface area contributed by atoms with Crippen LogP contribution < -0.4 is 5.32 Å². The first-order valence-corrected chi connectivity index (χ1v) is 11.4. The van der Waals surface area contributed by atoms with Gasteiger partial charge in [-0.05, 0) is 47.5 Å². The van der Waals surface area contributed by atoms with Gasteiger partial charge in [0.05, 0.1) is 42.5 Å². The number of nitrogens with zero attached hydrogens (tertiary/aromatic N) is 1. The maximum atomic E-state index is 13.7. The van der Waals surface area contributed by atoms with Crippen molar-refractivity contribution in [2.45, 2.75) is 30.9 Å². The maximum Gasteiger partial charge on any atom is 0.416 e. The van der Waals surface area contributed by atoms with E-state index in [9.17, 15) is 35.9 Å². The van der Waals surface area contributed by atoms with Crippen LogP contribution in [0.1, 0.15) is 50.3 Å². The molecular formula is C26H22F6N2O4. The summed E-state index contributed by atoms with van der Waals surface area (Å²) in [6, 6.07) is 8.61. The van der Waals surface area contributed by atoms with Gasteiger partial charge in [-0.15, -0.1) is 0 Å². The third kappa shape index (κ3) is 5.54. The van der Waals surface area contributed by atoms with Gasteiger partial charge >= 0.3 is 12.4 Å². The average Bonchev–Trinajstić information content (AvgIpc) is 3.37. The number of carbonyl (C=O) groups is 2. The second kappa shape index (κ2) is 10.5. The van der Waals surface area contributed by atoms with Gasteiger partial charge in [-0.25, -0.2) is 0 Å². The van der Waals surface area contributed by atoms with Crippen LogP contribution in [0.3, 0.4) is 0 Å². The number of halogens is 6. The van der Waals surface area contributed by atoms with Gasteiger partial charge in [0.15, 0.2) is 0 Å². The molecule has 2 atom stereocenters. The van der Waals surface area contributed by atoms with Crippen molar-refractivity contribution in [3.05, 3.63) is 94.4 Å². The van der Waals surface area contributed by atoms with E-state index in [1.165, 1.54) is 43.7 Å². The van der Waals surface area contributed by atoms with Crippen molar-refractivity contribution in [1.82, 2.24) is 10.2 Å². The van der Waals surface area contributed by atoms with E-state index in [0.717, 1.165) is 4.90 Å². The number of nitrogens with one attached hydrogen (secondary N) is 1. The SMILES string of the molecule is COCCNC(=O)C1c2ccccc2C(=O)N(Cc2ccco2)C1c1cc(C(F)(F)F)cc(C(F)(F)F)c1. The fourth-order valence-electron chi connectivity index (χ4n) is 4.53. The van der Waals surface area contributed by atoms with Crippen LogP contribution in [0.5, 0.6) is 0 Å². The quantitative estimate of drug-likeness (QED) is 0.315. The Morgan fingerprint density at radius 1 is 1.00 bits per heavy atom. The smallest absolute Gasteiger partial charge is 0.416 e. The number of ether oxygens (including phenoxy) is 1. The molecule has 4 rings (SSSR count). The standard InChI is InChI=1S/C26H22F6N2O4/c1-37-10-8-33-23(35)21-19-6-2-3-7-20(19)24(36)34(14-18-5-4-9-38-18)22(21)15-11-16(25(27,28)29)13-17(12-15)26(30,31)32/h2-7,9,11-13,21-22H,8,10,14H2,1H3,(H,33,35). The Kier molecular flexibility index (Phi) is 7.54. The highest BCUT2D eigenvalue weighted by Crippen LogP contribution is 2.46. The van der Waals surface area contributed by atoms with E-state index in [-0.39, 0.29) is 42.6 Å². The third-order valence-electron chi connectivity index (χ3n) is 6.18. The summed E-state index contributed by atoms with van der Waals surface area (Å²) in [5.74, 6) is -2.47. The Labute approximate surface area is 213 Å². The molecule has 0 bridgehead atoms.